The first kappa shape index (κ1) is 19.5. The van der Waals surface area contributed by atoms with Crippen LogP contribution in [0.1, 0.15) is 38.5 Å². The van der Waals surface area contributed by atoms with Gasteiger partial charge in [-0.2, -0.15) is 0 Å². The number of carbonyl (C=O) groups is 1. The Morgan fingerprint density at radius 2 is 2.00 bits per heavy atom. The van der Waals surface area contributed by atoms with E-state index in [0.29, 0.717) is 18.9 Å². The van der Waals surface area contributed by atoms with E-state index in [2.05, 4.69) is 20.5 Å². The molecule has 0 aromatic heterocycles. The number of hydrogen-bond acceptors (Lipinski definition) is 3. The van der Waals surface area contributed by atoms with Gasteiger partial charge in [0, 0.05) is 40.2 Å². The van der Waals surface area contributed by atoms with Gasteiger partial charge in [-0.05, 0) is 38.0 Å². The first-order valence-electron chi connectivity index (χ1n) is 7.95. The number of aliphatic imine (C=N–C) groups is 1. The molecule has 2 aliphatic rings. The number of hydrogen-bond donors (Lipinski definition) is 3. The number of aliphatic hydroxyl groups is 1. The summed E-state index contributed by atoms with van der Waals surface area (Å²) in [6.45, 7) is 2.41. The summed E-state index contributed by atoms with van der Waals surface area (Å²) < 4.78 is 0. The Labute approximate surface area is 150 Å². The highest BCUT2D eigenvalue weighted by molar-refractivity contribution is 14.0. The van der Waals surface area contributed by atoms with Crippen molar-refractivity contribution in [1.82, 2.24) is 15.5 Å². The normalized spacial score (nSPS) is 21.6. The highest BCUT2D eigenvalue weighted by atomic mass is 127. The third-order valence-electron chi connectivity index (χ3n) is 4.74. The number of amides is 1. The molecule has 1 aliphatic carbocycles. The summed E-state index contributed by atoms with van der Waals surface area (Å²) in [5.41, 5.74) is -0.534. The second-order valence-corrected chi connectivity index (χ2v) is 6.29. The molecule has 1 saturated heterocycles. The van der Waals surface area contributed by atoms with Gasteiger partial charge in [-0.3, -0.25) is 9.79 Å². The number of guanidine groups is 1. The van der Waals surface area contributed by atoms with Crippen LogP contribution in [-0.2, 0) is 4.79 Å². The van der Waals surface area contributed by atoms with Gasteiger partial charge in [-0.25, -0.2) is 0 Å². The molecule has 0 bridgehead atoms. The molecule has 128 valence electrons. The van der Waals surface area contributed by atoms with Gasteiger partial charge in [0.25, 0.3) is 0 Å². The second-order valence-electron chi connectivity index (χ2n) is 6.29. The lowest BCUT2D eigenvalue weighted by atomic mass is 9.80. The van der Waals surface area contributed by atoms with Crippen LogP contribution in [0.4, 0.5) is 0 Å². The summed E-state index contributed by atoms with van der Waals surface area (Å²) in [7, 11) is 3.47. The maximum Gasteiger partial charge on any atom is 0.220 e. The predicted molar refractivity (Wildman–Crippen MR) is 98.6 cm³/mol. The summed E-state index contributed by atoms with van der Waals surface area (Å²) in [6, 6.07) is 0. The smallest absolute Gasteiger partial charge is 0.220 e. The third kappa shape index (κ3) is 5.26. The van der Waals surface area contributed by atoms with E-state index in [1.807, 2.05) is 0 Å². The van der Waals surface area contributed by atoms with Crippen LogP contribution in [0.3, 0.4) is 0 Å². The number of halogens is 1. The number of likely N-dealkylation sites (tertiary alicyclic amines) is 1. The van der Waals surface area contributed by atoms with E-state index in [1.165, 1.54) is 0 Å². The van der Waals surface area contributed by atoms with Crippen molar-refractivity contribution in [2.24, 2.45) is 10.9 Å². The number of rotatable bonds is 4. The molecule has 0 atom stereocenters. The van der Waals surface area contributed by atoms with Crippen LogP contribution in [0.15, 0.2) is 4.99 Å². The number of nitrogens with one attached hydrogen (secondary N) is 2. The first-order valence-corrected chi connectivity index (χ1v) is 7.95. The minimum absolute atomic E-state index is 0. The largest absolute Gasteiger partial charge is 0.388 e. The molecule has 1 heterocycles. The fourth-order valence-corrected chi connectivity index (χ4v) is 3.05. The maximum absolute atomic E-state index is 11.4. The summed E-state index contributed by atoms with van der Waals surface area (Å²) in [5, 5.41) is 16.1. The lowest BCUT2D eigenvalue weighted by Gasteiger charge is -2.39. The van der Waals surface area contributed by atoms with Crippen LogP contribution in [0.5, 0.6) is 0 Å². The number of carbonyl (C=O) groups excluding carboxylic acids is 1. The van der Waals surface area contributed by atoms with Crippen LogP contribution in [0.25, 0.3) is 0 Å². The third-order valence-corrected chi connectivity index (χ3v) is 4.74. The van der Waals surface area contributed by atoms with E-state index in [9.17, 15) is 9.90 Å². The van der Waals surface area contributed by atoms with Crippen molar-refractivity contribution < 1.29 is 9.90 Å². The minimum Gasteiger partial charge on any atom is -0.388 e. The van der Waals surface area contributed by atoms with E-state index in [1.54, 1.807) is 14.1 Å². The summed E-state index contributed by atoms with van der Waals surface area (Å²) in [4.78, 5) is 18.0. The lowest BCUT2D eigenvalue weighted by Crippen LogP contribution is -2.53. The fraction of sp³-hybridized carbons (Fsp3) is 0.867. The van der Waals surface area contributed by atoms with E-state index < -0.39 is 5.60 Å². The van der Waals surface area contributed by atoms with Crippen molar-refractivity contribution in [3.8, 4) is 0 Å². The molecular weight excluding hydrogens is 395 g/mol. The van der Waals surface area contributed by atoms with Gasteiger partial charge >= 0.3 is 0 Å². The topological polar surface area (TPSA) is 77.0 Å². The van der Waals surface area contributed by atoms with E-state index in [0.717, 1.165) is 51.2 Å². The van der Waals surface area contributed by atoms with Crippen molar-refractivity contribution in [2.75, 3.05) is 33.7 Å². The fourth-order valence-electron chi connectivity index (χ4n) is 3.05. The first-order chi connectivity index (χ1) is 10.1. The Morgan fingerprint density at radius 3 is 2.45 bits per heavy atom. The Balaban J connectivity index is 0.00000242. The predicted octanol–water partition coefficient (Wildman–Crippen LogP) is 0.943. The van der Waals surface area contributed by atoms with E-state index >= 15 is 0 Å². The van der Waals surface area contributed by atoms with Crippen molar-refractivity contribution in [3.63, 3.8) is 0 Å². The Bertz CT molecular complexity index is 391. The molecule has 3 N–H and O–H groups in total. The van der Waals surface area contributed by atoms with Crippen molar-refractivity contribution >= 4 is 35.8 Å². The van der Waals surface area contributed by atoms with Gasteiger partial charge in [-0.1, -0.05) is 0 Å². The van der Waals surface area contributed by atoms with Gasteiger partial charge in [0.05, 0.1) is 5.60 Å². The molecule has 0 radical (unpaired) electrons. The molecule has 1 saturated carbocycles. The van der Waals surface area contributed by atoms with Crippen LogP contribution in [0.2, 0.25) is 0 Å². The monoisotopic (exact) mass is 424 g/mol. The molecule has 2 rings (SSSR count). The average molecular weight is 424 g/mol. The van der Waals surface area contributed by atoms with Gasteiger partial charge in [-0.15, -0.1) is 24.0 Å². The molecule has 0 spiro atoms. The lowest BCUT2D eigenvalue weighted by molar-refractivity contribution is -0.121. The Hall–Kier alpha value is -0.570. The average Bonchev–Trinajstić information content (AvgIpc) is 2.47. The van der Waals surface area contributed by atoms with Gasteiger partial charge in [0.15, 0.2) is 5.96 Å². The standard InChI is InChI=1S/C15H28N4O2.HI/c1-16-13(20)10-12-4-8-19(9-5-12)14(17-2)18-11-15(21)6-3-7-15;/h12,21H,3-11H2,1-2H3,(H,16,20)(H,17,18);1H. The molecule has 1 amide bonds. The second kappa shape index (κ2) is 8.90. The summed E-state index contributed by atoms with van der Waals surface area (Å²) in [5.74, 6) is 1.46. The zero-order chi connectivity index (χ0) is 15.3. The molecule has 2 fully saturated rings. The SMILES string of the molecule is CN=C(NCC1(O)CCC1)N1CCC(CC(=O)NC)CC1.I. The Kier molecular flexibility index (Phi) is 7.88. The highest BCUT2D eigenvalue weighted by Gasteiger charge is 2.34. The molecule has 22 heavy (non-hydrogen) atoms. The van der Waals surface area contributed by atoms with E-state index in [4.69, 9.17) is 0 Å². The molecule has 0 unspecified atom stereocenters. The van der Waals surface area contributed by atoms with Crippen LogP contribution >= 0.6 is 24.0 Å². The summed E-state index contributed by atoms with van der Waals surface area (Å²) >= 11 is 0. The molecule has 1 aliphatic heterocycles. The van der Waals surface area contributed by atoms with Crippen LogP contribution < -0.4 is 10.6 Å². The Morgan fingerprint density at radius 1 is 1.36 bits per heavy atom. The zero-order valence-corrected chi connectivity index (χ0v) is 15.9. The number of nitrogens with zero attached hydrogens (tertiary/aromatic N) is 2. The quantitative estimate of drug-likeness (QED) is 0.357. The zero-order valence-electron chi connectivity index (χ0n) is 13.6. The summed E-state index contributed by atoms with van der Waals surface area (Å²) in [6.07, 6.45) is 5.52. The van der Waals surface area contributed by atoms with Crippen LogP contribution in [0, 0.1) is 5.92 Å². The van der Waals surface area contributed by atoms with Gasteiger partial charge < -0.3 is 20.6 Å². The molecule has 0 aromatic carbocycles. The van der Waals surface area contributed by atoms with Crippen LogP contribution in [-0.4, -0.2) is 61.2 Å². The molecule has 0 aromatic rings. The molecule has 7 heteroatoms. The maximum atomic E-state index is 11.4. The van der Waals surface area contributed by atoms with Crippen molar-refractivity contribution in [2.45, 2.75) is 44.1 Å². The highest BCUT2D eigenvalue weighted by Crippen LogP contribution is 2.30. The van der Waals surface area contributed by atoms with E-state index in [-0.39, 0.29) is 29.9 Å². The molecule has 6 nitrogen and oxygen atoms in total. The van der Waals surface area contributed by atoms with Gasteiger partial charge in [0.2, 0.25) is 5.91 Å². The number of piperidine rings is 1. The minimum atomic E-state index is -0.534. The van der Waals surface area contributed by atoms with Crippen molar-refractivity contribution in [3.05, 3.63) is 0 Å². The van der Waals surface area contributed by atoms with Gasteiger partial charge in [0.1, 0.15) is 0 Å². The van der Waals surface area contributed by atoms with Crippen molar-refractivity contribution in [1.29, 1.82) is 0 Å². The molecular formula is C15H29IN4O2.